The van der Waals surface area contributed by atoms with Crippen molar-refractivity contribution in [3.05, 3.63) is 90.0 Å². The van der Waals surface area contributed by atoms with Crippen LogP contribution in [0, 0.1) is 0 Å². The number of carbonyl (C=O) groups excluding carboxylic acids is 2. The lowest BCUT2D eigenvalue weighted by Crippen LogP contribution is -2.02. The molecule has 7 nitrogen and oxygen atoms in total. The van der Waals surface area contributed by atoms with Crippen LogP contribution in [-0.2, 0) is 9.47 Å². The Balaban J connectivity index is 1.78. The first kappa shape index (κ1) is 20.0. The fourth-order valence-corrected chi connectivity index (χ4v) is 3.12. The van der Waals surface area contributed by atoms with Gasteiger partial charge in [0.05, 0.1) is 31.0 Å². The molecule has 4 aromatic rings. The molecule has 0 saturated carbocycles. The van der Waals surface area contributed by atoms with Crippen LogP contribution in [0.4, 0.5) is 0 Å². The SMILES string of the molecule is COC(=O)c1ccc(-c2nc(-c3ccc(C(=O)OC)cc3)n(-c3ccccc3)n2)cc1. The number of rotatable bonds is 5. The van der Waals surface area contributed by atoms with Gasteiger partial charge in [0.25, 0.3) is 0 Å². The van der Waals surface area contributed by atoms with Gasteiger partial charge in [0.15, 0.2) is 11.6 Å². The van der Waals surface area contributed by atoms with E-state index in [1.165, 1.54) is 14.2 Å². The van der Waals surface area contributed by atoms with E-state index in [9.17, 15) is 9.59 Å². The summed E-state index contributed by atoms with van der Waals surface area (Å²) in [5.41, 5.74) is 3.30. The molecule has 0 unspecified atom stereocenters. The van der Waals surface area contributed by atoms with E-state index in [-0.39, 0.29) is 0 Å². The highest BCUT2D eigenvalue weighted by Crippen LogP contribution is 2.26. The molecule has 0 radical (unpaired) electrons. The van der Waals surface area contributed by atoms with Crippen molar-refractivity contribution in [2.75, 3.05) is 14.2 Å². The standard InChI is InChI=1S/C24H19N3O4/c1-30-23(28)18-12-8-16(9-13-18)21-25-22(27(26-21)20-6-4-3-5-7-20)17-10-14-19(15-11-17)24(29)31-2/h3-15H,1-2H3. The second kappa shape index (κ2) is 8.62. The van der Waals surface area contributed by atoms with Crippen LogP contribution in [0.15, 0.2) is 78.9 Å². The van der Waals surface area contributed by atoms with Crippen LogP contribution in [0.25, 0.3) is 28.5 Å². The maximum absolute atomic E-state index is 11.7. The molecule has 31 heavy (non-hydrogen) atoms. The van der Waals surface area contributed by atoms with Crippen LogP contribution in [0.3, 0.4) is 0 Å². The molecule has 0 amide bonds. The summed E-state index contributed by atoms with van der Waals surface area (Å²) in [6.07, 6.45) is 0. The molecule has 0 atom stereocenters. The van der Waals surface area contributed by atoms with Crippen LogP contribution < -0.4 is 0 Å². The van der Waals surface area contributed by atoms with Crippen molar-refractivity contribution in [1.82, 2.24) is 14.8 Å². The van der Waals surface area contributed by atoms with Crippen molar-refractivity contribution in [1.29, 1.82) is 0 Å². The molecule has 0 aliphatic rings. The number of ether oxygens (including phenoxy) is 2. The summed E-state index contributed by atoms with van der Waals surface area (Å²) in [6.45, 7) is 0. The number of hydrogen-bond acceptors (Lipinski definition) is 6. The van der Waals surface area contributed by atoms with E-state index in [1.54, 1.807) is 53.2 Å². The fraction of sp³-hybridized carbons (Fsp3) is 0.0833. The lowest BCUT2D eigenvalue weighted by atomic mass is 10.1. The van der Waals surface area contributed by atoms with E-state index >= 15 is 0 Å². The van der Waals surface area contributed by atoms with Gasteiger partial charge in [-0.15, -0.1) is 5.10 Å². The van der Waals surface area contributed by atoms with Gasteiger partial charge in [-0.05, 0) is 36.4 Å². The number of methoxy groups -OCH3 is 2. The van der Waals surface area contributed by atoms with E-state index in [0.717, 1.165) is 16.8 Å². The largest absolute Gasteiger partial charge is 0.465 e. The van der Waals surface area contributed by atoms with Gasteiger partial charge in [0, 0.05) is 11.1 Å². The molecule has 0 aliphatic carbocycles. The van der Waals surface area contributed by atoms with Crippen molar-refractivity contribution in [3.8, 4) is 28.5 Å². The first-order chi connectivity index (χ1) is 15.1. The van der Waals surface area contributed by atoms with Crippen molar-refractivity contribution in [2.24, 2.45) is 0 Å². The Bertz CT molecular complexity index is 1210. The summed E-state index contributed by atoms with van der Waals surface area (Å²) < 4.78 is 11.3. The lowest BCUT2D eigenvalue weighted by Gasteiger charge is -2.06. The molecule has 1 heterocycles. The maximum atomic E-state index is 11.7. The van der Waals surface area contributed by atoms with Crippen molar-refractivity contribution < 1.29 is 19.1 Å². The minimum absolute atomic E-state index is 0.400. The zero-order valence-electron chi connectivity index (χ0n) is 17.0. The van der Waals surface area contributed by atoms with Crippen molar-refractivity contribution >= 4 is 11.9 Å². The Morgan fingerprint density at radius 3 is 1.74 bits per heavy atom. The number of nitrogens with zero attached hydrogens (tertiary/aromatic N) is 3. The number of esters is 2. The van der Waals surface area contributed by atoms with Gasteiger partial charge in [-0.1, -0.05) is 42.5 Å². The number of aromatic nitrogens is 3. The summed E-state index contributed by atoms with van der Waals surface area (Å²) in [5, 5.41) is 4.69. The quantitative estimate of drug-likeness (QED) is 0.457. The summed E-state index contributed by atoms with van der Waals surface area (Å²) in [5.74, 6) is 0.324. The van der Waals surface area contributed by atoms with Crippen LogP contribution in [0.1, 0.15) is 20.7 Å². The Morgan fingerprint density at radius 2 is 1.23 bits per heavy atom. The lowest BCUT2D eigenvalue weighted by molar-refractivity contribution is 0.0592. The fourth-order valence-electron chi connectivity index (χ4n) is 3.12. The molecule has 3 aromatic carbocycles. The van der Waals surface area contributed by atoms with Gasteiger partial charge < -0.3 is 9.47 Å². The Hall–Kier alpha value is -4.26. The molecule has 0 aliphatic heterocycles. The third-order valence-corrected chi connectivity index (χ3v) is 4.74. The van der Waals surface area contributed by atoms with Crippen LogP contribution >= 0.6 is 0 Å². The van der Waals surface area contributed by atoms with E-state index in [0.29, 0.717) is 22.8 Å². The molecule has 1 aromatic heterocycles. The highest BCUT2D eigenvalue weighted by Gasteiger charge is 2.16. The first-order valence-corrected chi connectivity index (χ1v) is 9.50. The molecule has 0 saturated heterocycles. The number of hydrogen-bond donors (Lipinski definition) is 0. The first-order valence-electron chi connectivity index (χ1n) is 9.50. The van der Waals surface area contributed by atoms with E-state index in [1.807, 2.05) is 30.3 Å². The number of carbonyl (C=O) groups is 2. The Morgan fingerprint density at radius 1 is 0.710 bits per heavy atom. The Labute approximate surface area is 178 Å². The summed E-state index contributed by atoms with van der Waals surface area (Å²) >= 11 is 0. The van der Waals surface area contributed by atoms with Crippen molar-refractivity contribution in [2.45, 2.75) is 0 Å². The van der Waals surface area contributed by atoms with Gasteiger partial charge in [-0.3, -0.25) is 0 Å². The van der Waals surface area contributed by atoms with Gasteiger partial charge in [-0.25, -0.2) is 19.3 Å². The second-order valence-corrected chi connectivity index (χ2v) is 6.64. The topological polar surface area (TPSA) is 83.3 Å². The number of para-hydroxylation sites is 1. The highest BCUT2D eigenvalue weighted by molar-refractivity contribution is 5.90. The molecule has 154 valence electrons. The predicted octanol–water partition coefficient (Wildman–Crippen LogP) is 4.17. The minimum atomic E-state index is -0.402. The zero-order valence-corrected chi connectivity index (χ0v) is 17.0. The van der Waals surface area contributed by atoms with Crippen LogP contribution in [-0.4, -0.2) is 40.9 Å². The smallest absolute Gasteiger partial charge is 0.337 e. The molecule has 0 spiro atoms. The molecule has 4 rings (SSSR count). The highest BCUT2D eigenvalue weighted by atomic mass is 16.5. The monoisotopic (exact) mass is 413 g/mol. The average Bonchev–Trinajstić information content (AvgIpc) is 3.29. The number of benzene rings is 3. The van der Waals surface area contributed by atoms with Gasteiger partial charge in [0.2, 0.25) is 0 Å². The summed E-state index contributed by atoms with van der Waals surface area (Å²) in [6, 6.07) is 23.5. The third-order valence-electron chi connectivity index (χ3n) is 4.74. The molecule has 0 bridgehead atoms. The van der Waals surface area contributed by atoms with Crippen LogP contribution in [0.2, 0.25) is 0 Å². The summed E-state index contributed by atoms with van der Waals surface area (Å²) in [4.78, 5) is 28.2. The van der Waals surface area contributed by atoms with Gasteiger partial charge in [-0.2, -0.15) is 0 Å². The maximum Gasteiger partial charge on any atom is 0.337 e. The molecular weight excluding hydrogens is 394 g/mol. The normalized spacial score (nSPS) is 10.5. The van der Waals surface area contributed by atoms with Crippen molar-refractivity contribution in [3.63, 3.8) is 0 Å². The molecule has 0 fully saturated rings. The second-order valence-electron chi connectivity index (χ2n) is 6.64. The van der Waals surface area contributed by atoms with Gasteiger partial charge in [0.1, 0.15) is 0 Å². The minimum Gasteiger partial charge on any atom is -0.465 e. The zero-order chi connectivity index (χ0) is 21.8. The van der Waals surface area contributed by atoms with E-state index in [4.69, 9.17) is 19.6 Å². The average molecular weight is 413 g/mol. The van der Waals surface area contributed by atoms with E-state index in [2.05, 4.69) is 0 Å². The Kier molecular flexibility index (Phi) is 5.57. The summed E-state index contributed by atoms with van der Waals surface area (Å²) in [7, 11) is 2.69. The molecule has 0 N–H and O–H groups in total. The third kappa shape index (κ3) is 4.06. The van der Waals surface area contributed by atoms with Crippen LogP contribution in [0.5, 0.6) is 0 Å². The molecule has 7 heteroatoms. The van der Waals surface area contributed by atoms with Gasteiger partial charge >= 0.3 is 11.9 Å². The predicted molar refractivity (Wildman–Crippen MR) is 115 cm³/mol. The molecular formula is C24H19N3O4. The van der Waals surface area contributed by atoms with E-state index < -0.39 is 11.9 Å².